The van der Waals surface area contributed by atoms with Gasteiger partial charge in [0.1, 0.15) is 17.1 Å². The van der Waals surface area contributed by atoms with Crippen LogP contribution in [0.4, 0.5) is 0 Å². The number of tetrazole rings is 1. The van der Waals surface area contributed by atoms with Gasteiger partial charge in [-0.25, -0.2) is 14.3 Å². The second-order valence-electron chi connectivity index (χ2n) is 15.2. The number of benzene rings is 1. The number of amides is 4. The predicted octanol–water partition coefficient (Wildman–Crippen LogP) is -5.14. The van der Waals surface area contributed by atoms with E-state index in [9.17, 15) is 59.1 Å². The van der Waals surface area contributed by atoms with Crippen LogP contribution in [-0.4, -0.2) is 183 Å². The van der Waals surface area contributed by atoms with E-state index in [1.165, 1.54) is 45.6 Å². The number of thioether (sulfide) groups is 2. The molecule has 0 spiro atoms. The number of aliphatic hydroxyl groups is 1. The van der Waals surface area contributed by atoms with Crippen molar-refractivity contribution < 1.29 is 105 Å². The predicted molar refractivity (Wildman–Crippen MR) is 218 cm³/mol. The van der Waals surface area contributed by atoms with Gasteiger partial charge in [-0.15, -0.1) is 16.9 Å². The number of aryl methyl sites for hydroxylation is 1. The summed E-state index contributed by atoms with van der Waals surface area (Å²) in [6.45, 7) is 3.87. The maximum absolute atomic E-state index is 13.2. The van der Waals surface area contributed by atoms with Crippen molar-refractivity contribution in [3.05, 3.63) is 51.7 Å². The van der Waals surface area contributed by atoms with Crippen LogP contribution in [0, 0.1) is 11.8 Å². The van der Waals surface area contributed by atoms with Crippen LogP contribution >= 0.6 is 23.5 Å². The van der Waals surface area contributed by atoms with Gasteiger partial charge in [0.05, 0.1) is 30.7 Å². The summed E-state index contributed by atoms with van der Waals surface area (Å²) < 4.78 is 12.4. The SMILES string of the molecule is CO[C@@]1(NC(=O)C(C(=O)O)c2ccc(O)cc2)C(=O)N2C(C(=O)O)=C(CSc3nnnn3C)CO[C@@H]21.C[C@@H](O)[C@H]1C(=O)N2C(C(=O)O)=C(S[C@@H]3CN[C@H](C(=O)N(C)C)C3)[C@H](C)[C@H]12.O.[H-].[Na+]. The molecule has 7 rings (SSSR count). The van der Waals surface area contributed by atoms with Gasteiger partial charge in [0.2, 0.25) is 22.9 Å². The fourth-order valence-corrected chi connectivity index (χ4v) is 10.3. The van der Waals surface area contributed by atoms with Gasteiger partial charge >= 0.3 is 47.5 Å². The minimum atomic E-state index is -2.14. The van der Waals surface area contributed by atoms with Crippen LogP contribution in [0.5, 0.6) is 5.75 Å². The number of phenolic OH excluding ortho intramolecular Hbond substituents is 1. The van der Waals surface area contributed by atoms with Gasteiger partial charge in [-0.3, -0.25) is 28.9 Å². The molecule has 2 aromatic rings. The molecule has 27 heteroatoms. The molecular formula is C37H48N9NaO15S2. The number of carbonyl (C=O) groups excluding carboxylic acids is 4. The van der Waals surface area contributed by atoms with Crippen LogP contribution in [0.15, 0.2) is 51.3 Å². The second-order valence-corrected chi connectivity index (χ2v) is 17.5. The summed E-state index contributed by atoms with van der Waals surface area (Å²) in [5.74, 6) is -8.86. The summed E-state index contributed by atoms with van der Waals surface area (Å²) in [5.41, 5.74) is -2.13. The van der Waals surface area contributed by atoms with Crippen LogP contribution in [0.25, 0.3) is 0 Å². The van der Waals surface area contributed by atoms with Gasteiger partial charge in [0.25, 0.3) is 11.6 Å². The summed E-state index contributed by atoms with van der Waals surface area (Å²) in [4.78, 5) is 90.7. The van der Waals surface area contributed by atoms with Crippen LogP contribution < -0.4 is 40.2 Å². The molecule has 5 aliphatic rings. The van der Waals surface area contributed by atoms with Crippen molar-refractivity contribution in [2.45, 2.75) is 66.7 Å². The van der Waals surface area contributed by atoms with Crippen LogP contribution in [0.2, 0.25) is 0 Å². The Morgan fingerprint density at radius 3 is 2.27 bits per heavy atom. The number of phenols is 1. The molecule has 9 N–H and O–H groups in total. The van der Waals surface area contributed by atoms with Gasteiger partial charge < -0.3 is 62.3 Å². The van der Waals surface area contributed by atoms with Crippen molar-refractivity contribution in [2.24, 2.45) is 18.9 Å². The number of methoxy groups -OCH3 is 1. The van der Waals surface area contributed by atoms with Crippen LogP contribution in [0.3, 0.4) is 0 Å². The molecule has 0 radical (unpaired) electrons. The first-order valence-electron chi connectivity index (χ1n) is 19.0. The molecule has 24 nitrogen and oxygen atoms in total. The first-order valence-corrected chi connectivity index (χ1v) is 20.9. The topological polar surface area (TPSA) is 348 Å². The number of nitrogens with one attached hydrogen (secondary N) is 2. The van der Waals surface area contributed by atoms with Gasteiger partial charge in [-0.2, -0.15) is 0 Å². The molecule has 3 saturated heterocycles. The number of aliphatic carboxylic acids is 3. The first kappa shape index (κ1) is 52.0. The minimum Gasteiger partial charge on any atom is -1.00 e. The number of rotatable bonds is 14. The van der Waals surface area contributed by atoms with E-state index in [2.05, 4.69) is 26.2 Å². The third-order valence-corrected chi connectivity index (χ3v) is 13.7. The van der Waals surface area contributed by atoms with E-state index in [0.717, 1.165) is 23.8 Å². The Labute approximate surface area is 396 Å². The Balaban J connectivity index is 0.000000346. The normalized spacial score (nSPS) is 26.4. The molecule has 64 heavy (non-hydrogen) atoms. The molecule has 0 bridgehead atoms. The number of fused-ring (bicyclic) bond motifs is 2. The molecule has 5 aliphatic heterocycles. The number of aromatic nitrogens is 4. The molecule has 1 aromatic heterocycles. The van der Waals surface area contributed by atoms with Crippen LogP contribution in [-0.2, 0) is 50.1 Å². The number of carboxylic acids is 3. The van der Waals surface area contributed by atoms with Gasteiger partial charge in [-0.1, -0.05) is 30.8 Å². The standard InChI is InChI=1S/C20H20N6O9S.C17H25N3O5S.Na.H2O.H/c1-25-19(22-23-24-25)36-8-10-7-35-18-20(34-2,17(33)26(18)13(10)16(31)32)21-14(28)12(15(29)30)9-3-5-11(27)6-4-9;1-7-12-11(8(2)21)16(23)20(12)13(17(24)25)14(7)26-9-5-10(18-6-9)15(22)19(3)4;;;/h3-6,12,18,27H,7-8H2,1-2H3,(H,21,28)(H,29,30)(H,31,32);7-12,18,21H,5-6H2,1-4H3,(H,24,25);;1H2;/q;;+1;;-1/t12?,18-,20+;7-,8-,9+,10+,11-,12-;;;/m11.../s1. The van der Waals surface area contributed by atoms with Crippen molar-refractivity contribution in [3.8, 4) is 5.75 Å². The van der Waals surface area contributed by atoms with Gasteiger partial charge in [0.15, 0.2) is 12.1 Å². The van der Waals surface area contributed by atoms with E-state index >= 15 is 0 Å². The largest absolute Gasteiger partial charge is 1.00 e. The monoisotopic (exact) mass is 945 g/mol. The Kier molecular flexibility index (Phi) is 16.8. The zero-order valence-corrected chi connectivity index (χ0v) is 39.2. The molecule has 3 fully saturated rings. The van der Waals surface area contributed by atoms with Crippen molar-refractivity contribution in [2.75, 3.05) is 40.1 Å². The number of hydrogen-bond acceptors (Lipinski definition) is 17. The number of hydrogen-bond donors (Lipinski definition) is 7. The molecular weight excluding hydrogens is 898 g/mol. The van der Waals surface area contributed by atoms with Crippen molar-refractivity contribution in [3.63, 3.8) is 0 Å². The second kappa shape index (κ2) is 20.7. The Morgan fingerprint density at radius 2 is 1.73 bits per heavy atom. The maximum atomic E-state index is 13.2. The summed E-state index contributed by atoms with van der Waals surface area (Å²) in [6.07, 6.45) is -1.55. The Hall–Kier alpha value is -4.64. The van der Waals surface area contributed by atoms with Crippen molar-refractivity contribution >= 4 is 65.1 Å². The maximum Gasteiger partial charge on any atom is 1.00 e. The molecule has 344 valence electrons. The third kappa shape index (κ3) is 9.52. The first-order chi connectivity index (χ1) is 29.2. The molecule has 0 saturated carbocycles. The number of likely N-dealkylation sites (N-methyl/N-ethyl adjacent to an activating group) is 1. The van der Waals surface area contributed by atoms with E-state index in [-0.39, 0.29) is 112 Å². The number of aromatic hydroxyl groups is 1. The number of ether oxygens (including phenoxy) is 2. The van der Waals surface area contributed by atoms with Gasteiger partial charge in [0, 0.05) is 56.6 Å². The number of aliphatic hydroxyl groups excluding tert-OH is 1. The number of β-lactam (4-membered cyclic amide) rings is 2. The number of nitrogens with zero attached hydrogens (tertiary/aromatic N) is 7. The third-order valence-electron chi connectivity index (χ3n) is 11.1. The van der Waals surface area contributed by atoms with E-state index in [1.54, 1.807) is 33.0 Å². The van der Waals surface area contributed by atoms with Gasteiger partial charge in [-0.05, 0) is 47.0 Å². The molecule has 9 atom stereocenters. The summed E-state index contributed by atoms with van der Waals surface area (Å²) >= 11 is 2.58. The molecule has 1 aromatic carbocycles. The minimum absolute atomic E-state index is 0. The zero-order chi connectivity index (χ0) is 45.5. The molecule has 0 aliphatic carbocycles. The number of carbonyl (C=O) groups is 7. The van der Waals surface area contributed by atoms with Crippen LogP contribution in [0.1, 0.15) is 33.2 Å². The average molecular weight is 946 g/mol. The summed E-state index contributed by atoms with van der Waals surface area (Å²) in [5, 5.41) is 65.4. The van der Waals surface area contributed by atoms with E-state index < -0.39 is 59.6 Å². The summed E-state index contributed by atoms with van der Waals surface area (Å²) in [7, 11) is 6.13. The number of carboxylic acid groups (broad SMARTS) is 3. The molecule has 1 unspecified atom stereocenters. The quantitative estimate of drug-likeness (QED) is 0.0306. The molecule has 6 heterocycles. The van der Waals surface area contributed by atoms with Crippen molar-refractivity contribution in [1.82, 2.24) is 45.5 Å². The average Bonchev–Trinajstić information content (AvgIpc) is 3.92. The fraction of sp³-hybridized carbons (Fsp3) is 0.514. The summed E-state index contributed by atoms with van der Waals surface area (Å²) in [6, 6.07) is 4.36. The fourth-order valence-electron chi connectivity index (χ4n) is 8.03. The van der Waals surface area contributed by atoms with E-state index in [0.29, 0.717) is 23.0 Å². The molecule has 4 amide bonds. The van der Waals surface area contributed by atoms with Crippen molar-refractivity contribution in [1.29, 1.82) is 0 Å². The smallest absolute Gasteiger partial charge is 1.00 e. The van der Waals surface area contributed by atoms with E-state index in [1.807, 2.05) is 6.92 Å². The zero-order valence-electron chi connectivity index (χ0n) is 36.6. The van der Waals surface area contributed by atoms with E-state index in [4.69, 9.17) is 9.47 Å². The Bertz CT molecular complexity index is 2250. The Morgan fingerprint density at radius 1 is 1.09 bits per heavy atom.